The number of anilines is 1. The molecule has 3 heteroatoms. The maximum atomic E-state index is 9.18. The van der Waals surface area contributed by atoms with Crippen LogP contribution in [0.3, 0.4) is 0 Å². The first-order valence-electron chi connectivity index (χ1n) is 6.96. The van der Waals surface area contributed by atoms with Crippen LogP contribution in [-0.4, -0.2) is 31.6 Å². The Balaban J connectivity index is 2.05. The first-order chi connectivity index (χ1) is 9.04. The molecule has 0 saturated carbocycles. The van der Waals surface area contributed by atoms with E-state index in [4.69, 9.17) is 0 Å². The van der Waals surface area contributed by atoms with Crippen molar-refractivity contribution in [2.24, 2.45) is 5.41 Å². The van der Waals surface area contributed by atoms with Crippen molar-refractivity contribution < 1.29 is 0 Å². The van der Waals surface area contributed by atoms with E-state index in [9.17, 15) is 5.26 Å². The number of benzene rings is 1. The molecule has 0 aliphatic carbocycles. The molecule has 19 heavy (non-hydrogen) atoms. The van der Waals surface area contributed by atoms with Gasteiger partial charge in [-0.1, -0.05) is 19.1 Å². The first kappa shape index (κ1) is 13.9. The molecule has 0 spiro atoms. The minimum atomic E-state index is 0.335. The fourth-order valence-electron chi connectivity index (χ4n) is 2.63. The van der Waals surface area contributed by atoms with Crippen LogP contribution in [0.25, 0.3) is 0 Å². The Morgan fingerprint density at radius 3 is 2.68 bits per heavy atom. The molecule has 2 rings (SSSR count). The van der Waals surface area contributed by atoms with Gasteiger partial charge in [-0.15, -0.1) is 0 Å². The molecule has 1 fully saturated rings. The van der Waals surface area contributed by atoms with Crippen LogP contribution in [0.4, 0.5) is 5.69 Å². The van der Waals surface area contributed by atoms with Crippen LogP contribution in [-0.2, 0) is 0 Å². The number of hydrogen-bond acceptors (Lipinski definition) is 3. The van der Waals surface area contributed by atoms with Crippen LogP contribution in [0.1, 0.15) is 30.9 Å². The van der Waals surface area contributed by atoms with Gasteiger partial charge in [-0.2, -0.15) is 5.26 Å². The quantitative estimate of drug-likeness (QED) is 0.904. The smallest absolute Gasteiger partial charge is 0.101 e. The Kier molecular flexibility index (Phi) is 4.11. The summed E-state index contributed by atoms with van der Waals surface area (Å²) in [7, 11) is 2.18. The number of aryl methyl sites for hydroxylation is 1. The van der Waals surface area contributed by atoms with Crippen molar-refractivity contribution in [3.05, 3.63) is 29.3 Å². The second-order valence-corrected chi connectivity index (χ2v) is 6.08. The van der Waals surface area contributed by atoms with Gasteiger partial charge in [0.15, 0.2) is 0 Å². The molecule has 1 saturated heterocycles. The van der Waals surface area contributed by atoms with E-state index >= 15 is 0 Å². The van der Waals surface area contributed by atoms with Crippen molar-refractivity contribution in [3.8, 4) is 6.07 Å². The maximum absolute atomic E-state index is 9.18. The number of piperidine rings is 1. The molecule has 1 aromatic carbocycles. The SMILES string of the molecule is Cc1cccc(C#N)c1NCC1(C)CCN(C)CC1. The Morgan fingerprint density at radius 1 is 1.37 bits per heavy atom. The third-order valence-electron chi connectivity index (χ3n) is 4.28. The third kappa shape index (κ3) is 3.27. The second-order valence-electron chi connectivity index (χ2n) is 6.08. The molecule has 0 radical (unpaired) electrons. The van der Waals surface area contributed by atoms with E-state index in [1.165, 1.54) is 12.8 Å². The number of para-hydroxylation sites is 1. The van der Waals surface area contributed by atoms with Crippen molar-refractivity contribution in [1.82, 2.24) is 4.90 Å². The van der Waals surface area contributed by atoms with Gasteiger partial charge < -0.3 is 10.2 Å². The molecule has 1 N–H and O–H groups in total. The standard InChI is InChI=1S/C16H23N3/c1-13-5-4-6-14(11-17)15(13)18-12-16(2)7-9-19(3)10-8-16/h4-6,18H,7-10,12H2,1-3H3. The predicted octanol–water partition coefficient (Wildman–Crippen LogP) is 3.01. The normalized spacial score (nSPS) is 18.8. The number of nitrogens with one attached hydrogen (secondary N) is 1. The van der Waals surface area contributed by atoms with Gasteiger partial charge in [0.05, 0.1) is 11.3 Å². The van der Waals surface area contributed by atoms with E-state index in [1.54, 1.807) is 0 Å². The highest BCUT2D eigenvalue weighted by Crippen LogP contribution is 2.31. The highest BCUT2D eigenvalue weighted by atomic mass is 15.1. The summed E-state index contributed by atoms with van der Waals surface area (Å²) >= 11 is 0. The molecule has 0 unspecified atom stereocenters. The van der Waals surface area contributed by atoms with E-state index in [1.807, 2.05) is 12.1 Å². The van der Waals surface area contributed by atoms with E-state index in [0.717, 1.165) is 36.4 Å². The summed E-state index contributed by atoms with van der Waals surface area (Å²) in [6.07, 6.45) is 2.43. The number of hydrogen-bond donors (Lipinski definition) is 1. The zero-order valence-electron chi connectivity index (χ0n) is 12.2. The molecule has 1 aliphatic rings. The highest BCUT2D eigenvalue weighted by Gasteiger charge is 2.28. The van der Waals surface area contributed by atoms with E-state index in [0.29, 0.717) is 5.41 Å². The summed E-state index contributed by atoms with van der Waals surface area (Å²) in [5.41, 5.74) is 3.24. The fraction of sp³-hybridized carbons (Fsp3) is 0.562. The largest absolute Gasteiger partial charge is 0.383 e. The Bertz CT molecular complexity index is 479. The molecule has 0 aromatic heterocycles. The lowest BCUT2D eigenvalue weighted by molar-refractivity contribution is 0.150. The van der Waals surface area contributed by atoms with Crippen LogP contribution in [0, 0.1) is 23.7 Å². The number of nitrogens with zero attached hydrogens (tertiary/aromatic N) is 2. The lowest BCUT2D eigenvalue weighted by Gasteiger charge is -2.38. The molecular weight excluding hydrogens is 234 g/mol. The van der Waals surface area contributed by atoms with E-state index in [2.05, 4.69) is 43.2 Å². The Morgan fingerprint density at radius 2 is 2.05 bits per heavy atom. The molecule has 102 valence electrons. The predicted molar refractivity (Wildman–Crippen MR) is 79.2 cm³/mol. The van der Waals surface area contributed by atoms with Gasteiger partial charge in [-0.05, 0) is 56.9 Å². The molecule has 0 bridgehead atoms. The van der Waals surface area contributed by atoms with Crippen LogP contribution < -0.4 is 5.32 Å². The average molecular weight is 257 g/mol. The fourth-order valence-corrected chi connectivity index (χ4v) is 2.63. The molecule has 1 aliphatic heterocycles. The topological polar surface area (TPSA) is 39.1 Å². The number of nitriles is 1. The maximum Gasteiger partial charge on any atom is 0.101 e. The van der Waals surface area contributed by atoms with E-state index < -0.39 is 0 Å². The molecule has 0 atom stereocenters. The number of likely N-dealkylation sites (tertiary alicyclic amines) is 1. The lowest BCUT2D eigenvalue weighted by atomic mass is 9.80. The van der Waals surface area contributed by atoms with Crippen molar-refractivity contribution >= 4 is 5.69 Å². The van der Waals surface area contributed by atoms with Gasteiger partial charge in [-0.3, -0.25) is 0 Å². The average Bonchev–Trinajstić information content (AvgIpc) is 2.41. The minimum absolute atomic E-state index is 0.335. The van der Waals surface area contributed by atoms with Gasteiger partial charge >= 0.3 is 0 Å². The van der Waals surface area contributed by atoms with Crippen molar-refractivity contribution in [1.29, 1.82) is 5.26 Å². The summed E-state index contributed by atoms with van der Waals surface area (Å²) in [5, 5.41) is 12.7. The van der Waals surface area contributed by atoms with E-state index in [-0.39, 0.29) is 0 Å². The second kappa shape index (κ2) is 5.63. The zero-order chi connectivity index (χ0) is 13.9. The van der Waals surface area contributed by atoms with Crippen LogP contribution in [0.15, 0.2) is 18.2 Å². The third-order valence-corrected chi connectivity index (χ3v) is 4.28. The van der Waals surface area contributed by atoms with Crippen molar-refractivity contribution in [2.75, 3.05) is 32.0 Å². The Hall–Kier alpha value is -1.53. The summed E-state index contributed by atoms with van der Waals surface area (Å²) in [4.78, 5) is 2.39. The highest BCUT2D eigenvalue weighted by molar-refractivity contribution is 5.62. The van der Waals surface area contributed by atoms with Crippen molar-refractivity contribution in [3.63, 3.8) is 0 Å². The van der Waals surface area contributed by atoms with Crippen molar-refractivity contribution in [2.45, 2.75) is 26.7 Å². The first-order valence-corrected chi connectivity index (χ1v) is 6.96. The minimum Gasteiger partial charge on any atom is -0.383 e. The van der Waals surface area contributed by atoms with Gasteiger partial charge in [0, 0.05) is 6.54 Å². The summed E-state index contributed by atoms with van der Waals surface area (Å²) in [6.45, 7) is 7.67. The van der Waals surface area contributed by atoms with Crippen LogP contribution >= 0.6 is 0 Å². The van der Waals surface area contributed by atoms with Gasteiger partial charge in [0.25, 0.3) is 0 Å². The molecule has 0 amide bonds. The summed E-state index contributed by atoms with van der Waals surface area (Å²) in [5.74, 6) is 0. The van der Waals surface area contributed by atoms with Crippen LogP contribution in [0.5, 0.6) is 0 Å². The van der Waals surface area contributed by atoms with Gasteiger partial charge in [-0.25, -0.2) is 0 Å². The lowest BCUT2D eigenvalue weighted by Crippen LogP contribution is -2.40. The molecule has 1 aromatic rings. The summed E-state index contributed by atoms with van der Waals surface area (Å²) in [6, 6.07) is 8.15. The number of rotatable bonds is 3. The zero-order valence-corrected chi connectivity index (χ0v) is 12.2. The van der Waals surface area contributed by atoms with Crippen LogP contribution in [0.2, 0.25) is 0 Å². The molecule has 3 nitrogen and oxygen atoms in total. The van der Waals surface area contributed by atoms with Gasteiger partial charge in [0.2, 0.25) is 0 Å². The molecular formula is C16H23N3. The van der Waals surface area contributed by atoms with Gasteiger partial charge in [0.1, 0.15) is 6.07 Å². The summed E-state index contributed by atoms with van der Waals surface area (Å²) < 4.78 is 0. The monoisotopic (exact) mass is 257 g/mol. The Labute approximate surface area is 116 Å². The molecule has 1 heterocycles.